The van der Waals surface area contributed by atoms with E-state index in [9.17, 15) is 0 Å². The van der Waals surface area contributed by atoms with Gasteiger partial charge < -0.3 is 8.83 Å². The van der Waals surface area contributed by atoms with Crippen molar-refractivity contribution in [3.63, 3.8) is 0 Å². The number of hydrogen-bond acceptors (Lipinski definition) is 4. The Morgan fingerprint density at radius 1 is 0.268 bits per heavy atom. The van der Waals surface area contributed by atoms with E-state index in [2.05, 4.69) is 156 Å². The van der Waals surface area contributed by atoms with E-state index < -0.39 is 0 Å². The van der Waals surface area contributed by atoms with Gasteiger partial charge in [-0.3, -0.25) is 9.97 Å². The SMILES string of the molecule is c1ccc2c(c1)-c1ccccc1-c1ccc(-c3cc(-c4ccc5oc6cccnc6c5c4)cc(-c4ccc5oc6cccnc6c5c4)c3)cc1-c1ccccc1-2. The van der Waals surface area contributed by atoms with Gasteiger partial charge in [-0.05, 0) is 151 Å². The molecule has 0 bridgehead atoms. The van der Waals surface area contributed by atoms with Crippen LogP contribution in [0.3, 0.4) is 0 Å². The summed E-state index contributed by atoms with van der Waals surface area (Å²) < 4.78 is 12.3. The first kappa shape index (κ1) is 30.9. The summed E-state index contributed by atoms with van der Waals surface area (Å²) >= 11 is 0. The summed E-state index contributed by atoms with van der Waals surface area (Å²) in [4.78, 5) is 9.36. The molecule has 260 valence electrons. The van der Waals surface area contributed by atoms with Crippen LogP contribution < -0.4 is 0 Å². The van der Waals surface area contributed by atoms with Crippen LogP contribution >= 0.6 is 0 Å². The molecule has 4 heterocycles. The highest BCUT2D eigenvalue weighted by Gasteiger charge is 2.22. The van der Waals surface area contributed by atoms with Gasteiger partial charge in [0, 0.05) is 23.2 Å². The lowest BCUT2D eigenvalue weighted by molar-refractivity contribution is 0.668. The average Bonchev–Trinajstić information content (AvgIpc) is 3.83. The van der Waals surface area contributed by atoms with E-state index in [1.54, 1.807) is 0 Å². The van der Waals surface area contributed by atoms with Crippen molar-refractivity contribution in [3.05, 3.63) is 182 Å². The molecule has 1 aliphatic carbocycles. The predicted molar refractivity (Wildman–Crippen MR) is 228 cm³/mol. The van der Waals surface area contributed by atoms with Crippen molar-refractivity contribution in [1.29, 1.82) is 0 Å². The molecule has 12 rings (SSSR count). The predicted octanol–water partition coefficient (Wildman–Crippen LogP) is 14.3. The third-order valence-electron chi connectivity index (χ3n) is 11.3. The quantitative estimate of drug-likeness (QED) is 0.183. The molecule has 0 amide bonds. The molecule has 0 atom stereocenters. The van der Waals surface area contributed by atoms with E-state index in [1.807, 2.05) is 36.7 Å². The normalized spacial score (nSPS) is 11.9. The number of furan rings is 2. The van der Waals surface area contributed by atoms with Crippen LogP contribution in [0.2, 0.25) is 0 Å². The van der Waals surface area contributed by atoms with Gasteiger partial charge in [0.2, 0.25) is 0 Å². The van der Waals surface area contributed by atoms with Crippen molar-refractivity contribution >= 4 is 44.1 Å². The molecule has 4 nitrogen and oxygen atoms in total. The Morgan fingerprint density at radius 2 is 0.643 bits per heavy atom. The molecule has 0 unspecified atom stereocenters. The molecule has 4 heteroatoms. The van der Waals surface area contributed by atoms with Gasteiger partial charge in [-0.15, -0.1) is 0 Å². The van der Waals surface area contributed by atoms with Crippen LogP contribution in [0.15, 0.2) is 191 Å². The fourth-order valence-corrected chi connectivity index (χ4v) is 8.72. The van der Waals surface area contributed by atoms with Crippen LogP contribution in [0.5, 0.6) is 0 Å². The van der Waals surface area contributed by atoms with E-state index in [-0.39, 0.29) is 0 Å². The van der Waals surface area contributed by atoms with E-state index in [0.29, 0.717) is 0 Å². The minimum atomic E-state index is 0.786. The van der Waals surface area contributed by atoms with E-state index >= 15 is 0 Å². The first-order valence-corrected chi connectivity index (χ1v) is 18.9. The smallest absolute Gasteiger partial charge is 0.153 e. The molecule has 4 aromatic heterocycles. The molecular weight excluding hydrogens is 685 g/mol. The lowest BCUT2D eigenvalue weighted by Crippen LogP contribution is -1.97. The number of aromatic nitrogens is 2. The highest BCUT2D eigenvalue weighted by Crippen LogP contribution is 2.49. The molecule has 0 saturated carbocycles. The molecule has 0 saturated heterocycles. The van der Waals surface area contributed by atoms with Gasteiger partial charge in [-0.25, -0.2) is 0 Å². The van der Waals surface area contributed by atoms with Crippen LogP contribution in [-0.4, -0.2) is 9.97 Å². The topological polar surface area (TPSA) is 52.1 Å². The summed E-state index contributed by atoms with van der Waals surface area (Å²) in [7, 11) is 0. The minimum absolute atomic E-state index is 0.786. The maximum Gasteiger partial charge on any atom is 0.153 e. The second-order valence-electron chi connectivity index (χ2n) is 14.5. The summed E-state index contributed by atoms with van der Waals surface area (Å²) in [6, 6.07) is 60.9. The fraction of sp³-hybridized carbons (Fsp3) is 0. The van der Waals surface area contributed by atoms with Crippen LogP contribution in [-0.2, 0) is 0 Å². The van der Waals surface area contributed by atoms with Crippen LogP contribution in [0.1, 0.15) is 0 Å². The average molecular weight is 715 g/mol. The summed E-state index contributed by atoms with van der Waals surface area (Å²) in [6.07, 6.45) is 3.64. The zero-order valence-corrected chi connectivity index (χ0v) is 30.0. The number of benzene rings is 7. The third-order valence-corrected chi connectivity index (χ3v) is 11.3. The van der Waals surface area contributed by atoms with Crippen molar-refractivity contribution < 1.29 is 8.83 Å². The summed E-state index contributed by atoms with van der Waals surface area (Å²) in [5, 5.41) is 2.00. The Labute approximate surface area is 322 Å². The summed E-state index contributed by atoms with van der Waals surface area (Å²) in [6.45, 7) is 0. The Bertz CT molecular complexity index is 3250. The first-order chi connectivity index (χ1) is 27.7. The van der Waals surface area contributed by atoms with Crippen LogP contribution in [0, 0.1) is 0 Å². The highest BCUT2D eigenvalue weighted by molar-refractivity contribution is 6.07. The summed E-state index contributed by atoms with van der Waals surface area (Å²) in [5.74, 6) is 0. The van der Waals surface area contributed by atoms with Crippen molar-refractivity contribution in [2.75, 3.05) is 0 Å². The Morgan fingerprint density at radius 3 is 1.09 bits per heavy atom. The molecule has 0 fully saturated rings. The zero-order valence-electron chi connectivity index (χ0n) is 30.0. The van der Waals surface area contributed by atoms with Gasteiger partial charge in [0.1, 0.15) is 22.2 Å². The summed E-state index contributed by atoms with van der Waals surface area (Å²) in [5.41, 5.74) is 21.4. The van der Waals surface area contributed by atoms with Crippen molar-refractivity contribution in [1.82, 2.24) is 9.97 Å². The monoisotopic (exact) mass is 714 g/mol. The molecule has 11 aromatic rings. The van der Waals surface area contributed by atoms with Gasteiger partial charge in [-0.2, -0.15) is 0 Å². The Kier molecular flexibility index (Phi) is 6.60. The maximum atomic E-state index is 6.17. The number of rotatable bonds is 3. The van der Waals surface area contributed by atoms with Gasteiger partial charge in [0.05, 0.1) is 0 Å². The Hall–Kier alpha value is -7.56. The Balaban J connectivity index is 1.10. The second kappa shape index (κ2) is 12.0. The van der Waals surface area contributed by atoms with Gasteiger partial charge in [-0.1, -0.05) is 97.1 Å². The second-order valence-corrected chi connectivity index (χ2v) is 14.5. The van der Waals surface area contributed by atoms with Gasteiger partial charge in [0.25, 0.3) is 0 Å². The zero-order chi connectivity index (χ0) is 36.7. The number of hydrogen-bond donors (Lipinski definition) is 0. The van der Waals surface area contributed by atoms with Crippen molar-refractivity contribution in [2.45, 2.75) is 0 Å². The van der Waals surface area contributed by atoms with E-state index in [0.717, 1.165) is 77.5 Å². The standard InChI is InChI=1S/C52H30N2O2/c1-2-10-38-37(9-1)39-11-3-4-13-41(39)43-20-17-31(28-44(43)42-14-6-5-12-40(38)42)34-25-35(32-18-21-47-45(29-32)51-49(55-47)15-7-23-53-51)27-36(26-34)33-19-22-48-46(30-33)52-50(56-48)16-8-24-54-52/h1-30H. The molecule has 0 radical (unpaired) electrons. The van der Waals surface area contributed by atoms with Crippen LogP contribution in [0.25, 0.3) is 122 Å². The molecule has 0 N–H and O–H groups in total. The lowest BCUT2D eigenvalue weighted by atomic mass is 9.80. The van der Waals surface area contributed by atoms with E-state index in [4.69, 9.17) is 8.83 Å². The molecular formula is C52H30N2O2. The van der Waals surface area contributed by atoms with Crippen molar-refractivity contribution in [3.8, 4) is 77.9 Å². The first-order valence-electron chi connectivity index (χ1n) is 18.9. The molecule has 0 spiro atoms. The number of fused-ring (bicyclic) bond motifs is 14. The van der Waals surface area contributed by atoms with Gasteiger partial charge >= 0.3 is 0 Å². The van der Waals surface area contributed by atoms with E-state index in [1.165, 1.54) is 44.5 Å². The largest absolute Gasteiger partial charge is 0.454 e. The molecule has 0 aliphatic heterocycles. The van der Waals surface area contributed by atoms with Crippen LogP contribution in [0.4, 0.5) is 0 Å². The maximum absolute atomic E-state index is 6.17. The molecule has 7 aromatic carbocycles. The molecule has 56 heavy (non-hydrogen) atoms. The highest BCUT2D eigenvalue weighted by atomic mass is 16.3. The molecule has 1 aliphatic rings. The number of pyridine rings is 2. The lowest BCUT2D eigenvalue weighted by Gasteiger charge is -2.23. The minimum Gasteiger partial charge on any atom is -0.454 e. The third kappa shape index (κ3) is 4.73. The van der Waals surface area contributed by atoms with Gasteiger partial charge in [0.15, 0.2) is 11.2 Å². The number of nitrogens with zero attached hydrogens (tertiary/aromatic N) is 2. The van der Waals surface area contributed by atoms with Crippen molar-refractivity contribution in [2.24, 2.45) is 0 Å². The fourth-order valence-electron chi connectivity index (χ4n) is 8.72.